The number of benzene rings is 1. The molecule has 0 saturated carbocycles. The molecule has 1 aliphatic carbocycles. The summed E-state index contributed by atoms with van der Waals surface area (Å²) in [5.74, 6) is 0. The highest BCUT2D eigenvalue weighted by atomic mass is 16.4. The van der Waals surface area contributed by atoms with Crippen LogP contribution in [0.4, 0.5) is 0 Å². The maximum Gasteiger partial charge on any atom is 0.488 e. The molecule has 0 spiro atoms. The standard InChI is InChI=1S/C23H29BO2.C2H6/c1-7-11-20-16(4)22(23(5,6)21(20)9-3)15-17(8-2)18-12-10-13-19(14-18)24(25)26;1-2/h7,9-15,25-26H,3,8H2,1-2,4-6H3;1-2H3/b11-7-,17-15+;. The molecule has 0 fully saturated rings. The Morgan fingerprint density at radius 2 is 1.82 bits per heavy atom. The van der Waals surface area contributed by atoms with Gasteiger partial charge in [-0.15, -0.1) is 0 Å². The molecule has 0 heterocycles. The second kappa shape index (κ2) is 10.4. The van der Waals surface area contributed by atoms with Gasteiger partial charge in [-0.05, 0) is 59.2 Å². The Bertz CT molecular complexity index is 821. The highest BCUT2D eigenvalue weighted by Crippen LogP contribution is 2.49. The van der Waals surface area contributed by atoms with Crippen LogP contribution in [-0.4, -0.2) is 17.2 Å². The highest BCUT2D eigenvalue weighted by Gasteiger charge is 2.35. The van der Waals surface area contributed by atoms with E-state index in [1.54, 1.807) is 6.07 Å². The van der Waals surface area contributed by atoms with Crippen molar-refractivity contribution in [3.05, 3.63) is 83.0 Å². The smallest absolute Gasteiger partial charge is 0.423 e. The summed E-state index contributed by atoms with van der Waals surface area (Å²) in [7, 11) is -1.45. The first-order chi connectivity index (χ1) is 13.3. The van der Waals surface area contributed by atoms with Gasteiger partial charge in [-0.2, -0.15) is 0 Å². The molecule has 2 rings (SSSR count). The summed E-state index contributed by atoms with van der Waals surface area (Å²) in [6.07, 6.45) is 9.31. The minimum Gasteiger partial charge on any atom is -0.423 e. The molecule has 0 amide bonds. The number of allylic oxidation sites excluding steroid dienone is 9. The molecule has 0 radical (unpaired) electrons. The van der Waals surface area contributed by atoms with Crippen molar-refractivity contribution in [3.8, 4) is 0 Å². The highest BCUT2D eigenvalue weighted by molar-refractivity contribution is 6.58. The molecule has 0 aliphatic heterocycles. The first-order valence-corrected chi connectivity index (χ1v) is 10.2. The van der Waals surface area contributed by atoms with Crippen molar-refractivity contribution in [2.45, 2.75) is 54.9 Å². The van der Waals surface area contributed by atoms with Gasteiger partial charge in [-0.1, -0.05) is 89.8 Å². The summed E-state index contributed by atoms with van der Waals surface area (Å²) in [6, 6.07) is 7.47. The fourth-order valence-corrected chi connectivity index (χ4v) is 3.80. The predicted molar refractivity (Wildman–Crippen MR) is 124 cm³/mol. The largest absolute Gasteiger partial charge is 0.488 e. The van der Waals surface area contributed by atoms with Crippen LogP contribution in [-0.2, 0) is 0 Å². The summed E-state index contributed by atoms with van der Waals surface area (Å²) in [5.41, 5.74) is 7.64. The molecule has 0 saturated heterocycles. The van der Waals surface area contributed by atoms with Crippen molar-refractivity contribution in [2.24, 2.45) is 5.41 Å². The molecule has 0 unspecified atom stereocenters. The lowest BCUT2D eigenvalue weighted by Crippen LogP contribution is -2.29. The monoisotopic (exact) mass is 378 g/mol. The van der Waals surface area contributed by atoms with Crippen LogP contribution in [0.5, 0.6) is 0 Å². The van der Waals surface area contributed by atoms with Crippen LogP contribution < -0.4 is 5.46 Å². The number of hydrogen-bond acceptors (Lipinski definition) is 2. The van der Waals surface area contributed by atoms with Crippen LogP contribution >= 0.6 is 0 Å². The van der Waals surface area contributed by atoms with E-state index in [-0.39, 0.29) is 5.41 Å². The Hall–Kier alpha value is -2.10. The van der Waals surface area contributed by atoms with E-state index in [0.717, 1.165) is 12.0 Å². The average Bonchev–Trinajstić information content (AvgIpc) is 2.86. The zero-order valence-corrected chi connectivity index (χ0v) is 18.5. The van der Waals surface area contributed by atoms with Gasteiger partial charge in [0.25, 0.3) is 0 Å². The molecule has 150 valence electrons. The van der Waals surface area contributed by atoms with Gasteiger partial charge >= 0.3 is 7.12 Å². The van der Waals surface area contributed by atoms with Gasteiger partial charge in [-0.3, -0.25) is 0 Å². The molecule has 3 heteroatoms. The zero-order chi connectivity index (χ0) is 21.5. The second-order valence-electron chi connectivity index (χ2n) is 7.22. The van der Waals surface area contributed by atoms with Crippen LogP contribution in [0.15, 0.2) is 77.4 Å². The summed E-state index contributed by atoms with van der Waals surface area (Å²) in [5, 5.41) is 18.9. The Morgan fingerprint density at radius 3 is 2.32 bits per heavy atom. The fraction of sp³-hybridized carbons (Fsp3) is 0.360. The minimum atomic E-state index is -1.45. The lowest BCUT2D eigenvalue weighted by molar-refractivity contribution is 0.426. The average molecular weight is 378 g/mol. The molecule has 2 nitrogen and oxygen atoms in total. The summed E-state index contributed by atoms with van der Waals surface area (Å²) in [6.45, 7) is 18.8. The lowest BCUT2D eigenvalue weighted by atomic mass is 9.77. The fourth-order valence-electron chi connectivity index (χ4n) is 3.80. The van der Waals surface area contributed by atoms with Crippen molar-refractivity contribution in [1.29, 1.82) is 0 Å². The van der Waals surface area contributed by atoms with E-state index in [4.69, 9.17) is 0 Å². The normalized spacial score (nSPS) is 16.4. The SMILES string of the molecule is C=CC1=C(/C=C\C)C(C)=C(/C=C(\CC)c2cccc(B(O)O)c2)C1(C)C.CC. The molecule has 0 bridgehead atoms. The quantitative estimate of drug-likeness (QED) is 0.633. The van der Waals surface area contributed by atoms with Gasteiger partial charge < -0.3 is 10.0 Å². The molecule has 2 N–H and O–H groups in total. The maximum absolute atomic E-state index is 9.47. The van der Waals surface area contributed by atoms with Crippen molar-refractivity contribution in [1.82, 2.24) is 0 Å². The summed E-state index contributed by atoms with van der Waals surface area (Å²) in [4.78, 5) is 0. The number of hydrogen-bond donors (Lipinski definition) is 2. The van der Waals surface area contributed by atoms with Crippen LogP contribution in [0.1, 0.15) is 60.5 Å². The second-order valence-corrected chi connectivity index (χ2v) is 7.22. The molecular weight excluding hydrogens is 343 g/mol. The van der Waals surface area contributed by atoms with E-state index in [1.807, 2.05) is 45.0 Å². The topological polar surface area (TPSA) is 40.5 Å². The predicted octanol–water partition coefficient (Wildman–Crippen LogP) is 5.60. The molecule has 1 aromatic carbocycles. The maximum atomic E-state index is 9.47. The first-order valence-electron chi connectivity index (χ1n) is 10.2. The summed E-state index contributed by atoms with van der Waals surface area (Å²) >= 11 is 0. The van der Waals surface area contributed by atoms with Crippen LogP contribution in [0.2, 0.25) is 0 Å². The van der Waals surface area contributed by atoms with Gasteiger partial charge in [0.05, 0.1) is 0 Å². The van der Waals surface area contributed by atoms with Crippen LogP contribution in [0, 0.1) is 5.41 Å². The Kier molecular flexibility index (Phi) is 8.94. The molecule has 1 aliphatic rings. The minimum absolute atomic E-state index is 0.116. The van der Waals surface area contributed by atoms with Crippen molar-refractivity contribution < 1.29 is 10.0 Å². The van der Waals surface area contributed by atoms with E-state index in [9.17, 15) is 10.0 Å². The van der Waals surface area contributed by atoms with Gasteiger partial charge in [0.2, 0.25) is 0 Å². The molecule has 0 atom stereocenters. The Morgan fingerprint density at radius 1 is 1.18 bits per heavy atom. The summed E-state index contributed by atoms with van der Waals surface area (Å²) < 4.78 is 0. The molecular formula is C25H35BO2. The number of rotatable bonds is 6. The van der Waals surface area contributed by atoms with E-state index < -0.39 is 7.12 Å². The zero-order valence-electron chi connectivity index (χ0n) is 18.5. The van der Waals surface area contributed by atoms with E-state index >= 15 is 0 Å². The van der Waals surface area contributed by atoms with E-state index in [2.05, 4.69) is 52.5 Å². The van der Waals surface area contributed by atoms with Gasteiger partial charge in [0, 0.05) is 5.41 Å². The van der Waals surface area contributed by atoms with Gasteiger partial charge in [-0.25, -0.2) is 0 Å². The van der Waals surface area contributed by atoms with Crippen molar-refractivity contribution in [2.75, 3.05) is 0 Å². The van der Waals surface area contributed by atoms with E-state index in [1.165, 1.54) is 27.9 Å². The van der Waals surface area contributed by atoms with E-state index in [0.29, 0.717) is 5.46 Å². The Balaban J connectivity index is 0.00000190. The first kappa shape index (κ1) is 23.9. The third kappa shape index (κ3) is 4.84. The third-order valence-electron chi connectivity index (χ3n) is 5.24. The van der Waals surface area contributed by atoms with Crippen LogP contribution in [0.3, 0.4) is 0 Å². The third-order valence-corrected chi connectivity index (χ3v) is 5.24. The molecule has 28 heavy (non-hydrogen) atoms. The van der Waals surface area contributed by atoms with Crippen LogP contribution in [0.25, 0.3) is 5.57 Å². The Labute approximate surface area is 171 Å². The van der Waals surface area contributed by atoms with Crippen molar-refractivity contribution >= 4 is 18.2 Å². The van der Waals surface area contributed by atoms with Gasteiger partial charge in [0.15, 0.2) is 0 Å². The van der Waals surface area contributed by atoms with Gasteiger partial charge in [0.1, 0.15) is 0 Å². The lowest BCUT2D eigenvalue weighted by Gasteiger charge is -2.25. The molecule has 1 aromatic rings. The van der Waals surface area contributed by atoms with Crippen molar-refractivity contribution in [3.63, 3.8) is 0 Å². The molecule has 0 aromatic heterocycles.